The Kier molecular flexibility index (Phi) is 12.2. The van der Waals surface area contributed by atoms with Gasteiger partial charge in [0.2, 0.25) is 0 Å². The molecular weight excluding hydrogens is 175 g/mol. The topological polar surface area (TPSA) is 23.1 Å². The summed E-state index contributed by atoms with van der Waals surface area (Å²) in [6, 6.07) is 0. The second kappa shape index (κ2) is 9.16. The molecule has 0 unspecified atom stereocenters. The van der Waals surface area contributed by atoms with Crippen LogP contribution in [-0.2, 0) is 0 Å². The average molecular weight is 196 g/mol. The van der Waals surface area contributed by atoms with Gasteiger partial charge in [-0.15, -0.1) is 5.60 Å². The molecule has 0 heterocycles. The zero-order valence-electron chi connectivity index (χ0n) is 9.15. The molecule has 0 aromatic carbocycles. The van der Waals surface area contributed by atoms with Crippen LogP contribution in [-0.4, -0.2) is 5.60 Å². The summed E-state index contributed by atoms with van der Waals surface area (Å²) in [6.45, 7) is 5.75. The van der Waals surface area contributed by atoms with Gasteiger partial charge in [0.25, 0.3) is 0 Å². The Bertz CT molecular complexity index is 86.3. The van der Waals surface area contributed by atoms with Gasteiger partial charge in [-0.1, -0.05) is 59.3 Å². The summed E-state index contributed by atoms with van der Waals surface area (Å²) in [6.07, 6.45) is 7.07. The fourth-order valence-electron chi connectivity index (χ4n) is 1.15. The molecule has 0 aliphatic heterocycles. The Balaban J connectivity index is 0. The van der Waals surface area contributed by atoms with Crippen molar-refractivity contribution in [2.24, 2.45) is 0 Å². The quantitative estimate of drug-likeness (QED) is 0.414. The monoisotopic (exact) mass is 196 g/mol. The zero-order valence-corrected chi connectivity index (χ0v) is 12.3. The predicted molar refractivity (Wildman–Crippen MR) is 47.5 cm³/mol. The van der Waals surface area contributed by atoms with Gasteiger partial charge < -0.3 is 5.11 Å². The molecule has 0 amide bonds. The molecule has 0 aliphatic carbocycles. The van der Waals surface area contributed by atoms with E-state index in [4.69, 9.17) is 0 Å². The Hall–Kier alpha value is 1.60. The van der Waals surface area contributed by atoms with Crippen LogP contribution in [0, 0.1) is 0 Å². The van der Waals surface area contributed by atoms with Gasteiger partial charge in [0.1, 0.15) is 0 Å². The van der Waals surface area contributed by atoms with E-state index in [1.807, 2.05) is 0 Å². The zero-order chi connectivity index (χ0) is 8.74. The van der Waals surface area contributed by atoms with Crippen LogP contribution in [0.25, 0.3) is 0 Å². The fourth-order valence-corrected chi connectivity index (χ4v) is 1.15. The first-order valence-electron chi connectivity index (χ1n) is 4.76. The maximum atomic E-state index is 11.1. The standard InChI is InChI=1S/C10H21O.K/c1-4-5-6-7-8-9-10(2,3)11;/h4-9H2,1-3H3;/q-1;+1. The maximum absolute atomic E-state index is 11.1. The molecule has 0 bridgehead atoms. The number of hydrogen-bond acceptors (Lipinski definition) is 1. The van der Waals surface area contributed by atoms with Crippen LogP contribution < -0.4 is 56.5 Å². The Morgan fingerprint density at radius 2 is 1.50 bits per heavy atom. The van der Waals surface area contributed by atoms with E-state index >= 15 is 0 Å². The fraction of sp³-hybridized carbons (Fsp3) is 1.00. The molecule has 12 heavy (non-hydrogen) atoms. The third-order valence-electron chi connectivity index (χ3n) is 1.88. The van der Waals surface area contributed by atoms with E-state index in [1.165, 1.54) is 25.7 Å². The SMILES string of the molecule is CCCCCCCC(C)(C)[O-].[K+]. The minimum Gasteiger partial charge on any atom is -0.850 e. The van der Waals surface area contributed by atoms with Gasteiger partial charge >= 0.3 is 51.4 Å². The number of unbranched alkanes of at least 4 members (excludes halogenated alkanes) is 4. The Labute approximate surface area is 120 Å². The van der Waals surface area contributed by atoms with Gasteiger partial charge in [0.05, 0.1) is 0 Å². The largest absolute Gasteiger partial charge is 1.00 e. The maximum Gasteiger partial charge on any atom is 1.00 e. The molecule has 0 aromatic rings. The minimum atomic E-state index is -0.702. The smallest absolute Gasteiger partial charge is 0.850 e. The van der Waals surface area contributed by atoms with Crippen molar-refractivity contribution < 1.29 is 56.5 Å². The van der Waals surface area contributed by atoms with Gasteiger partial charge in [0, 0.05) is 0 Å². The molecule has 0 aromatic heterocycles. The minimum absolute atomic E-state index is 0. The molecule has 0 saturated heterocycles. The van der Waals surface area contributed by atoms with E-state index in [2.05, 4.69) is 6.92 Å². The molecule has 68 valence electrons. The molecular formula is C10H21KO. The van der Waals surface area contributed by atoms with Gasteiger partial charge in [-0.3, -0.25) is 0 Å². The van der Waals surface area contributed by atoms with Crippen LogP contribution in [0.1, 0.15) is 59.3 Å². The normalized spacial score (nSPS) is 11.0. The Morgan fingerprint density at radius 3 is 1.92 bits per heavy atom. The summed E-state index contributed by atoms with van der Waals surface area (Å²) < 4.78 is 0. The van der Waals surface area contributed by atoms with Crippen LogP contribution in [0.5, 0.6) is 0 Å². The number of rotatable bonds is 6. The first-order chi connectivity index (χ1) is 5.06. The van der Waals surface area contributed by atoms with Crippen LogP contribution in [0.2, 0.25) is 0 Å². The molecule has 0 rings (SSSR count). The first-order valence-corrected chi connectivity index (χ1v) is 4.76. The third kappa shape index (κ3) is 14.1. The van der Waals surface area contributed by atoms with E-state index in [0.29, 0.717) is 0 Å². The molecule has 0 saturated carbocycles. The van der Waals surface area contributed by atoms with Crippen molar-refractivity contribution in [1.82, 2.24) is 0 Å². The van der Waals surface area contributed by atoms with Gasteiger partial charge in [-0.05, 0) is 0 Å². The summed E-state index contributed by atoms with van der Waals surface area (Å²) in [5.41, 5.74) is -0.702. The van der Waals surface area contributed by atoms with Crippen molar-refractivity contribution in [2.45, 2.75) is 64.9 Å². The predicted octanol–water partition coefficient (Wildman–Crippen LogP) is -0.510. The summed E-state index contributed by atoms with van der Waals surface area (Å²) in [5.74, 6) is 0. The van der Waals surface area contributed by atoms with E-state index in [0.717, 1.165) is 12.8 Å². The van der Waals surface area contributed by atoms with Gasteiger partial charge in [0.15, 0.2) is 0 Å². The van der Waals surface area contributed by atoms with Gasteiger partial charge in [-0.2, -0.15) is 0 Å². The van der Waals surface area contributed by atoms with Crippen molar-refractivity contribution in [1.29, 1.82) is 0 Å². The van der Waals surface area contributed by atoms with Crippen molar-refractivity contribution >= 4 is 0 Å². The third-order valence-corrected chi connectivity index (χ3v) is 1.88. The number of hydrogen-bond donors (Lipinski definition) is 0. The summed E-state index contributed by atoms with van der Waals surface area (Å²) in [4.78, 5) is 0. The molecule has 0 atom stereocenters. The van der Waals surface area contributed by atoms with E-state index in [9.17, 15) is 5.11 Å². The molecule has 0 spiro atoms. The summed E-state index contributed by atoms with van der Waals surface area (Å²) in [7, 11) is 0. The molecule has 0 N–H and O–H groups in total. The average Bonchev–Trinajstić information content (AvgIpc) is 1.85. The molecule has 2 heteroatoms. The van der Waals surface area contributed by atoms with E-state index in [-0.39, 0.29) is 51.4 Å². The Morgan fingerprint density at radius 1 is 1.00 bits per heavy atom. The van der Waals surface area contributed by atoms with E-state index in [1.54, 1.807) is 13.8 Å². The van der Waals surface area contributed by atoms with Crippen LogP contribution >= 0.6 is 0 Å². The van der Waals surface area contributed by atoms with Crippen molar-refractivity contribution in [3.63, 3.8) is 0 Å². The van der Waals surface area contributed by atoms with Crippen molar-refractivity contribution in [2.75, 3.05) is 0 Å². The summed E-state index contributed by atoms with van der Waals surface area (Å²) in [5, 5.41) is 11.1. The molecule has 0 radical (unpaired) electrons. The molecule has 0 aliphatic rings. The van der Waals surface area contributed by atoms with Crippen LogP contribution in [0.4, 0.5) is 0 Å². The van der Waals surface area contributed by atoms with Crippen LogP contribution in [0.3, 0.4) is 0 Å². The first kappa shape index (κ1) is 16.0. The van der Waals surface area contributed by atoms with Gasteiger partial charge in [-0.25, -0.2) is 0 Å². The van der Waals surface area contributed by atoms with Crippen molar-refractivity contribution in [3.8, 4) is 0 Å². The van der Waals surface area contributed by atoms with Crippen molar-refractivity contribution in [3.05, 3.63) is 0 Å². The summed E-state index contributed by atoms with van der Waals surface area (Å²) >= 11 is 0. The second-order valence-electron chi connectivity index (χ2n) is 3.92. The van der Waals surface area contributed by atoms with Crippen LogP contribution in [0.15, 0.2) is 0 Å². The second-order valence-corrected chi connectivity index (χ2v) is 3.92. The van der Waals surface area contributed by atoms with E-state index < -0.39 is 5.60 Å². The molecule has 1 nitrogen and oxygen atoms in total. The molecule has 0 fully saturated rings.